The first-order chi connectivity index (χ1) is 21.4. The second-order valence-electron chi connectivity index (χ2n) is 9.69. The number of amides is 1. The van der Waals surface area contributed by atoms with Gasteiger partial charge in [-0.3, -0.25) is 14.2 Å². The summed E-state index contributed by atoms with van der Waals surface area (Å²) >= 11 is 7.99. The van der Waals surface area contributed by atoms with E-state index in [1.807, 2.05) is 48.5 Å². The first-order valence-electron chi connectivity index (χ1n) is 13.5. The number of ether oxygens (including phenoxy) is 3. The molecule has 0 fully saturated rings. The van der Waals surface area contributed by atoms with Gasteiger partial charge in [-0.05, 0) is 53.7 Å². The number of methoxy groups -OCH3 is 3. The molecule has 2 aromatic heterocycles. The number of carbonyl (C=O) groups is 1. The van der Waals surface area contributed by atoms with Crippen LogP contribution in [0.25, 0.3) is 27.5 Å². The van der Waals surface area contributed by atoms with Crippen LogP contribution < -0.4 is 25.1 Å². The van der Waals surface area contributed by atoms with E-state index in [4.69, 9.17) is 30.3 Å². The molecule has 6 rings (SSSR count). The number of carbonyl (C=O) groups excluding carboxylic acids is 1. The van der Waals surface area contributed by atoms with E-state index in [0.717, 1.165) is 4.90 Å². The number of rotatable bonds is 9. The van der Waals surface area contributed by atoms with Crippen LogP contribution in [0.2, 0.25) is 5.02 Å². The summed E-state index contributed by atoms with van der Waals surface area (Å²) in [5.74, 6) is 0.993. The molecule has 0 saturated heterocycles. The Hall–Kier alpha value is -4.93. The monoisotopic (exact) mass is 627 g/mol. The Morgan fingerprint density at radius 2 is 1.64 bits per heavy atom. The first kappa shape index (κ1) is 29.2. The number of aromatic nitrogens is 2. The molecule has 1 N–H and O–H groups in total. The Morgan fingerprint density at radius 1 is 0.909 bits per heavy atom. The maximum Gasteiger partial charge on any atom is 0.269 e. The topological polar surface area (TPSA) is 105 Å². The molecular formula is C33H26ClN3O6S. The zero-order chi connectivity index (χ0) is 30.8. The van der Waals surface area contributed by atoms with Gasteiger partial charge in [0.15, 0.2) is 11.5 Å². The zero-order valence-electron chi connectivity index (χ0n) is 23.9. The fourth-order valence-corrected chi connectivity index (χ4v) is 6.19. The van der Waals surface area contributed by atoms with E-state index < -0.39 is 0 Å². The van der Waals surface area contributed by atoms with Crippen molar-refractivity contribution < 1.29 is 23.5 Å². The lowest BCUT2D eigenvalue weighted by atomic mass is 10.1. The van der Waals surface area contributed by atoms with Crippen LogP contribution >= 0.6 is 23.4 Å². The summed E-state index contributed by atoms with van der Waals surface area (Å²) < 4.78 is 23.4. The van der Waals surface area contributed by atoms with Crippen LogP contribution in [0, 0.1) is 0 Å². The van der Waals surface area contributed by atoms with Gasteiger partial charge in [0.1, 0.15) is 10.9 Å². The first-order valence-corrected chi connectivity index (χ1v) is 14.7. The number of benzene rings is 4. The molecule has 0 aliphatic rings. The van der Waals surface area contributed by atoms with Gasteiger partial charge >= 0.3 is 0 Å². The minimum Gasteiger partial charge on any atom is -0.493 e. The Labute approximate surface area is 261 Å². The molecule has 0 bridgehead atoms. The molecule has 0 unspecified atom stereocenters. The lowest BCUT2D eigenvalue weighted by Crippen LogP contribution is -2.20. The van der Waals surface area contributed by atoms with E-state index in [1.165, 1.54) is 33.1 Å². The van der Waals surface area contributed by atoms with E-state index >= 15 is 0 Å². The molecule has 0 radical (unpaired) electrons. The smallest absolute Gasteiger partial charge is 0.269 e. The van der Waals surface area contributed by atoms with E-state index in [-0.39, 0.29) is 17.9 Å². The number of anilines is 1. The van der Waals surface area contributed by atoms with Gasteiger partial charge < -0.3 is 24.1 Å². The maximum atomic E-state index is 14.2. The molecule has 2 heterocycles. The maximum absolute atomic E-state index is 14.2. The minimum absolute atomic E-state index is 0.0442. The quantitative estimate of drug-likeness (QED) is 0.180. The van der Waals surface area contributed by atoms with Crippen LogP contribution in [-0.4, -0.2) is 37.0 Å². The van der Waals surface area contributed by atoms with Crippen LogP contribution in [0.5, 0.6) is 17.2 Å². The van der Waals surface area contributed by atoms with E-state index in [9.17, 15) is 9.59 Å². The summed E-state index contributed by atoms with van der Waals surface area (Å²) in [6.07, 6.45) is 0.0442. The summed E-state index contributed by atoms with van der Waals surface area (Å²) in [4.78, 5) is 28.2. The molecule has 44 heavy (non-hydrogen) atoms. The lowest BCUT2D eigenvalue weighted by Gasteiger charge is -2.15. The van der Waals surface area contributed by atoms with Gasteiger partial charge in [0.05, 0.1) is 38.3 Å². The second kappa shape index (κ2) is 12.4. The SMILES string of the molecule is COc1cc(NC(=O)Cc2cccc(-n3c(=O)c4c(Sc5ccccc5)onc4c4c(Cl)cccc43)c2)cc(OC)c1OC. The summed E-state index contributed by atoms with van der Waals surface area (Å²) in [6, 6.07) is 25.5. The van der Waals surface area contributed by atoms with Crippen molar-refractivity contribution in [1.29, 1.82) is 0 Å². The van der Waals surface area contributed by atoms with E-state index in [0.29, 0.717) is 66.1 Å². The largest absolute Gasteiger partial charge is 0.493 e. The number of nitrogens with one attached hydrogen (secondary N) is 1. The van der Waals surface area contributed by atoms with Gasteiger partial charge in [-0.15, -0.1) is 0 Å². The molecule has 0 aliphatic carbocycles. The number of nitrogens with zero attached hydrogens (tertiary/aromatic N) is 2. The fourth-order valence-electron chi connectivity index (χ4n) is 5.06. The predicted molar refractivity (Wildman–Crippen MR) is 171 cm³/mol. The van der Waals surface area contributed by atoms with Crippen molar-refractivity contribution in [2.24, 2.45) is 0 Å². The van der Waals surface area contributed by atoms with Crippen LogP contribution in [-0.2, 0) is 11.2 Å². The van der Waals surface area contributed by atoms with Crippen LogP contribution in [0.4, 0.5) is 5.69 Å². The average Bonchev–Trinajstić information content (AvgIpc) is 3.44. The van der Waals surface area contributed by atoms with Crippen molar-refractivity contribution in [3.63, 3.8) is 0 Å². The summed E-state index contributed by atoms with van der Waals surface area (Å²) in [6.45, 7) is 0. The molecule has 222 valence electrons. The normalized spacial score (nSPS) is 11.1. The van der Waals surface area contributed by atoms with Gasteiger partial charge in [-0.1, -0.05) is 53.2 Å². The van der Waals surface area contributed by atoms with Crippen molar-refractivity contribution in [3.8, 4) is 22.9 Å². The number of hydrogen-bond donors (Lipinski definition) is 1. The third-order valence-corrected chi connectivity index (χ3v) is 8.27. The van der Waals surface area contributed by atoms with Crippen molar-refractivity contribution >= 4 is 56.8 Å². The highest BCUT2D eigenvalue weighted by molar-refractivity contribution is 7.99. The lowest BCUT2D eigenvalue weighted by molar-refractivity contribution is -0.115. The summed E-state index contributed by atoms with van der Waals surface area (Å²) in [5, 5.41) is 8.87. The standard InChI is InChI=1S/C33H26ClN3O6S/c1-40-25-17-20(18-26(41-2)31(25)42-3)35-27(38)16-19-9-7-10-21(15-19)37-24-14-8-13-23(34)28(24)30-29(32(37)39)33(43-36-30)44-22-11-5-4-6-12-22/h4-15,17-18H,16H2,1-3H3,(H,35,38). The third-order valence-electron chi connectivity index (χ3n) is 6.98. The zero-order valence-corrected chi connectivity index (χ0v) is 25.5. The van der Waals surface area contributed by atoms with E-state index in [1.54, 1.807) is 41.0 Å². The van der Waals surface area contributed by atoms with Crippen molar-refractivity contribution in [2.45, 2.75) is 16.4 Å². The number of pyridine rings is 1. The van der Waals surface area contributed by atoms with Gasteiger partial charge in [0, 0.05) is 33.8 Å². The van der Waals surface area contributed by atoms with Crippen molar-refractivity contribution in [1.82, 2.24) is 9.72 Å². The van der Waals surface area contributed by atoms with Gasteiger partial charge in [-0.25, -0.2) is 0 Å². The van der Waals surface area contributed by atoms with Crippen molar-refractivity contribution in [2.75, 3.05) is 26.6 Å². The molecule has 0 aliphatic heterocycles. The summed E-state index contributed by atoms with van der Waals surface area (Å²) in [5.41, 5.74) is 2.40. The van der Waals surface area contributed by atoms with Crippen molar-refractivity contribution in [3.05, 3.63) is 106 Å². The van der Waals surface area contributed by atoms with Gasteiger partial charge in [0.2, 0.25) is 16.7 Å². The number of hydrogen-bond acceptors (Lipinski definition) is 8. The highest BCUT2D eigenvalue weighted by Crippen LogP contribution is 2.40. The van der Waals surface area contributed by atoms with Crippen LogP contribution in [0.1, 0.15) is 5.56 Å². The molecular weight excluding hydrogens is 602 g/mol. The van der Waals surface area contributed by atoms with Crippen LogP contribution in [0.15, 0.2) is 104 Å². The Kier molecular flexibility index (Phi) is 8.19. The molecule has 0 spiro atoms. The Bertz CT molecular complexity index is 2050. The molecule has 11 heteroatoms. The molecule has 6 aromatic rings. The Morgan fingerprint density at radius 3 is 2.34 bits per heavy atom. The highest BCUT2D eigenvalue weighted by Gasteiger charge is 2.23. The molecule has 4 aromatic carbocycles. The fraction of sp³-hybridized carbons (Fsp3) is 0.121. The van der Waals surface area contributed by atoms with Gasteiger partial charge in [-0.2, -0.15) is 0 Å². The summed E-state index contributed by atoms with van der Waals surface area (Å²) in [7, 11) is 4.53. The predicted octanol–water partition coefficient (Wildman–Crippen LogP) is 7.14. The molecule has 0 atom stereocenters. The van der Waals surface area contributed by atoms with Gasteiger partial charge in [0.25, 0.3) is 5.56 Å². The minimum atomic E-state index is -0.312. The number of fused-ring (bicyclic) bond motifs is 3. The second-order valence-corrected chi connectivity index (χ2v) is 11.1. The number of halogens is 1. The third kappa shape index (κ3) is 5.45. The van der Waals surface area contributed by atoms with E-state index in [2.05, 4.69) is 10.5 Å². The highest BCUT2D eigenvalue weighted by atomic mass is 35.5. The molecule has 0 saturated carbocycles. The van der Waals surface area contributed by atoms with Crippen LogP contribution in [0.3, 0.4) is 0 Å². The molecule has 1 amide bonds. The average molecular weight is 628 g/mol. The molecule has 9 nitrogen and oxygen atoms in total. The Balaban J connectivity index is 1.38.